The Balaban J connectivity index is 1.63. The molecule has 1 aromatic carbocycles. The van der Waals surface area contributed by atoms with E-state index in [9.17, 15) is 4.79 Å². The summed E-state index contributed by atoms with van der Waals surface area (Å²) < 4.78 is 11.2. The normalized spacial score (nSPS) is 10.8. The minimum atomic E-state index is -0.390. The lowest BCUT2D eigenvalue weighted by molar-refractivity contribution is 0.0599. The Morgan fingerprint density at radius 3 is 2.81 bits per heavy atom. The summed E-state index contributed by atoms with van der Waals surface area (Å²) in [5.41, 5.74) is 3.86. The molecule has 3 rings (SSSR count). The number of carbonyl (C=O) groups excluding carboxylic acids is 1. The van der Waals surface area contributed by atoms with Gasteiger partial charge >= 0.3 is 5.97 Å². The standard InChI is InChI=1S/C18H19N3O3S2/c1-10-5-6-15(11(2)7-10)19-17-20-21-18(26-17)25-9-13-8-14(12(3)24-13)16(22)23-4/h5-8H,9H2,1-4H3,(H,19,20). The SMILES string of the molecule is COC(=O)c1cc(CSc2nnc(Nc3ccc(C)cc3C)s2)oc1C. The molecule has 8 heteroatoms. The highest BCUT2D eigenvalue weighted by molar-refractivity contribution is 8.00. The van der Waals surface area contributed by atoms with Gasteiger partial charge in [0.1, 0.15) is 17.1 Å². The van der Waals surface area contributed by atoms with Crippen LogP contribution in [0.1, 0.15) is 33.0 Å². The molecule has 0 spiro atoms. The van der Waals surface area contributed by atoms with E-state index in [1.54, 1.807) is 13.0 Å². The fourth-order valence-electron chi connectivity index (χ4n) is 2.45. The Morgan fingerprint density at radius 1 is 1.27 bits per heavy atom. The molecule has 136 valence electrons. The van der Waals surface area contributed by atoms with E-state index in [1.807, 2.05) is 6.07 Å². The third-order valence-corrected chi connectivity index (χ3v) is 5.74. The Hall–Kier alpha value is -2.32. The van der Waals surface area contributed by atoms with Crippen molar-refractivity contribution in [3.63, 3.8) is 0 Å². The van der Waals surface area contributed by atoms with Crippen molar-refractivity contribution >= 4 is 39.9 Å². The van der Waals surface area contributed by atoms with Crippen LogP contribution in [0.4, 0.5) is 10.8 Å². The summed E-state index contributed by atoms with van der Waals surface area (Å²) in [4.78, 5) is 11.6. The van der Waals surface area contributed by atoms with Gasteiger partial charge in [-0.2, -0.15) is 0 Å². The molecule has 0 saturated carbocycles. The molecule has 0 atom stereocenters. The molecular weight excluding hydrogens is 370 g/mol. The van der Waals surface area contributed by atoms with Gasteiger partial charge in [0, 0.05) is 5.69 Å². The number of nitrogens with zero attached hydrogens (tertiary/aromatic N) is 2. The van der Waals surface area contributed by atoms with Crippen LogP contribution in [-0.2, 0) is 10.5 Å². The molecule has 1 N–H and O–H groups in total. The second-order valence-electron chi connectivity index (χ2n) is 5.78. The zero-order valence-electron chi connectivity index (χ0n) is 15.0. The highest BCUT2D eigenvalue weighted by Gasteiger charge is 2.16. The Kier molecular flexibility index (Phi) is 5.63. The monoisotopic (exact) mass is 389 g/mol. The van der Waals surface area contributed by atoms with Gasteiger partial charge < -0.3 is 14.5 Å². The first-order valence-electron chi connectivity index (χ1n) is 7.94. The molecular formula is C18H19N3O3S2. The molecule has 0 aliphatic heterocycles. The number of benzene rings is 1. The maximum atomic E-state index is 11.6. The summed E-state index contributed by atoms with van der Waals surface area (Å²) in [5.74, 6) is 1.43. The summed E-state index contributed by atoms with van der Waals surface area (Å²) in [5, 5.41) is 12.4. The minimum Gasteiger partial charge on any atom is -0.465 e. The van der Waals surface area contributed by atoms with Crippen LogP contribution < -0.4 is 5.32 Å². The molecule has 0 amide bonds. The molecule has 0 radical (unpaired) electrons. The molecule has 0 unspecified atom stereocenters. The van der Waals surface area contributed by atoms with Crippen LogP contribution in [0, 0.1) is 20.8 Å². The van der Waals surface area contributed by atoms with E-state index in [1.165, 1.54) is 35.8 Å². The molecule has 0 fully saturated rings. The van der Waals surface area contributed by atoms with Gasteiger partial charge in [-0.05, 0) is 38.5 Å². The largest absolute Gasteiger partial charge is 0.465 e. The van der Waals surface area contributed by atoms with Gasteiger partial charge in [0.2, 0.25) is 5.13 Å². The lowest BCUT2D eigenvalue weighted by Gasteiger charge is -2.06. The van der Waals surface area contributed by atoms with Crippen LogP contribution in [-0.4, -0.2) is 23.3 Å². The number of furan rings is 1. The summed E-state index contributed by atoms with van der Waals surface area (Å²) in [6.07, 6.45) is 0. The van der Waals surface area contributed by atoms with Crippen molar-refractivity contribution in [1.29, 1.82) is 0 Å². The van der Waals surface area contributed by atoms with E-state index in [0.717, 1.165) is 20.7 Å². The van der Waals surface area contributed by atoms with E-state index in [0.29, 0.717) is 22.8 Å². The Labute approximate surface area is 160 Å². The van der Waals surface area contributed by atoms with Gasteiger partial charge in [0.15, 0.2) is 4.34 Å². The van der Waals surface area contributed by atoms with Gasteiger partial charge in [0.05, 0.1) is 12.9 Å². The van der Waals surface area contributed by atoms with Crippen molar-refractivity contribution < 1.29 is 13.9 Å². The van der Waals surface area contributed by atoms with Crippen molar-refractivity contribution in [2.75, 3.05) is 12.4 Å². The van der Waals surface area contributed by atoms with Crippen LogP contribution in [0.5, 0.6) is 0 Å². The zero-order valence-corrected chi connectivity index (χ0v) is 16.6. The van der Waals surface area contributed by atoms with E-state index >= 15 is 0 Å². The topological polar surface area (TPSA) is 77.2 Å². The molecule has 0 aliphatic carbocycles. The number of thioether (sulfide) groups is 1. The Bertz CT molecular complexity index is 934. The van der Waals surface area contributed by atoms with Crippen LogP contribution in [0.2, 0.25) is 0 Å². The van der Waals surface area contributed by atoms with E-state index in [4.69, 9.17) is 9.15 Å². The van der Waals surface area contributed by atoms with Crippen LogP contribution >= 0.6 is 23.1 Å². The van der Waals surface area contributed by atoms with E-state index in [-0.39, 0.29) is 0 Å². The number of hydrogen-bond donors (Lipinski definition) is 1. The van der Waals surface area contributed by atoms with Gasteiger partial charge in [0.25, 0.3) is 0 Å². The number of hydrogen-bond acceptors (Lipinski definition) is 8. The van der Waals surface area contributed by atoms with E-state index in [2.05, 4.69) is 41.5 Å². The highest BCUT2D eigenvalue weighted by atomic mass is 32.2. The third kappa shape index (κ3) is 4.25. The number of methoxy groups -OCH3 is 1. The molecule has 2 heterocycles. The summed E-state index contributed by atoms with van der Waals surface area (Å²) in [6, 6.07) is 7.93. The first kappa shape index (κ1) is 18.5. The van der Waals surface area contributed by atoms with Crippen molar-refractivity contribution in [2.45, 2.75) is 30.9 Å². The summed E-state index contributed by atoms with van der Waals surface area (Å²) in [7, 11) is 1.36. The average Bonchev–Trinajstić information content (AvgIpc) is 3.21. The smallest absolute Gasteiger partial charge is 0.341 e. The number of ether oxygens (including phenoxy) is 1. The quantitative estimate of drug-likeness (QED) is 0.475. The van der Waals surface area contributed by atoms with Crippen molar-refractivity contribution in [3.05, 3.63) is 52.5 Å². The lowest BCUT2D eigenvalue weighted by Crippen LogP contribution is -2.00. The first-order valence-corrected chi connectivity index (χ1v) is 9.74. The second-order valence-corrected chi connectivity index (χ2v) is 7.98. The molecule has 0 aliphatic rings. The van der Waals surface area contributed by atoms with Crippen molar-refractivity contribution in [1.82, 2.24) is 10.2 Å². The molecule has 0 bridgehead atoms. The van der Waals surface area contributed by atoms with Crippen LogP contribution in [0.25, 0.3) is 0 Å². The van der Waals surface area contributed by atoms with Gasteiger partial charge in [-0.15, -0.1) is 10.2 Å². The number of esters is 1. The highest BCUT2D eigenvalue weighted by Crippen LogP contribution is 2.31. The average molecular weight is 390 g/mol. The number of aromatic nitrogens is 2. The van der Waals surface area contributed by atoms with E-state index < -0.39 is 5.97 Å². The zero-order chi connectivity index (χ0) is 18.7. The summed E-state index contributed by atoms with van der Waals surface area (Å²) in [6.45, 7) is 5.87. The number of anilines is 2. The summed E-state index contributed by atoms with van der Waals surface area (Å²) >= 11 is 2.99. The minimum absolute atomic E-state index is 0.390. The van der Waals surface area contributed by atoms with Crippen LogP contribution in [0.3, 0.4) is 0 Å². The lowest BCUT2D eigenvalue weighted by atomic mass is 10.1. The molecule has 2 aromatic heterocycles. The number of rotatable bonds is 6. The van der Waals surface area contributed by atoms with Crippen molar-refractivity contribution in [3.8, 4) is 0 Å². The van der Waals surface area contributed by atoms with Gasteiger partial charge in [-0.3, -0.25) is 0 Å². The second kappa shape index (κ2) is 7.92. The van der Waals surface area contributed by atoms with Gasteiger partial charge in [-0.1, -0.05) is 40.8 Å². The molecule has 6 nitrogen and oxygen atoms in total. The fourth-order valence-corrected chi connectivity index (χ4v) is 4.09. The number of nitrogens with one attached hydrogen (secondary N) is 1. The van der Waals surface area contributed by atoms with Gasteiger partial charge in [-0.25, -0.2) is 4.79 Å². The third-order valence-electron chi connectivity index (χ3n) is 3.74. The maximum absolute atomic E-state index is 11.6. The van der Waals surface area contributed by atoms with Crippen molar-refractivity contribution in [2.24, 2.45) is 0 Å². The molecule has 0 saturated heterocycles. The predicted octanol–water partition coefficient (Wildman–Crippen LogP) is 4.88. The fraction of sp³-hybridized carbons (Fsp3) is 0.278. The first-order chi connectivity index (χ1) is 12.5. The molecule has 3 aromatic rings. The maximum Gasteiger partial charge on any atom is 0.341 e. The number of aryl methyl sites for hydroxylation is 3. The Morgan fingerprint density at radius 2 is 2.08 bits per heavy atom. The molecule has 26 heavy (non-hydrogen) atoms. The predicted molar refractivity (Wildman–Crippen MR) is 103 cm³/mol. The number of carbonyl (C=O) groups is 1. The van der Waals surface area contributed by atoms with Crippen LogP contribution in [0.15, 0.2) is 33.0 Å².